The molecule has 0 aromatic rings. The van der Waals surface area contributed by atoms with Crippen molar-refractivity contribution in [1.29, 1.82) is 0 Å². The van der Waals surface area contributed by atoms with Gasteiger partial charge in [-0.15, -0.1) is 0 Å². The maximum absolute atomic E-state index is 11.7. The SMILES string of the molecule is C=[CH][Co](=[O])[CH]1CCC(C2CCCCC2)CC1. The van der Waals surface area contributed by atoms with Crippen LogP contribution in [0.1, 0.15) is 57.8 Å². The molecule has 0 N–H and O–H groups in total. The zero-order chi connectivity index (χ0) is 11.4. The van der Waals surface area contributed by atoms with Gasteiger partial charge >= 0.3 is 104 Å². The quantitative estimate of drug-likeness (QED) is 0.727. The standard InChI is InChI=1S/C12H21.C2H3.Co.O/c1-3-7-11(8-4-1)12-9-5-2-6-10-12;1-2;;/h1,11-12H,2-10H2;1H,2H2;;. The van der Waals surface area contributed by atoms with Crippen molar-refractivity contribution >= 4 is 0 Å². The van der Waals surface area contributed by atoms with Gasteiger partial charge in [0.05, 0.1) is 0 Å². The van der Waals surface area contributed by atoms with Crippen LogP contribution in [0.5, 0.6) is 0 Å². The van der Waals surface area contributed by atoms with Crippen LogP contribution in [0.3, 0.4) is 0 Å². The van der Waals surface area contributed by atoms with Crippen molar-refractivity contribution in [3.8, 4) is 0 Å². The molecule has 0 bridgehead atoms. The summed E-state index contributed by atoms with van der Waals surface area (Å²) in [6, 6.07) is 0. The minimum atomic E-state index is -1.10. The van der Waals surface area contributed by atoms with Crippen molar-refractivity contribution in [2.75, 3.05) is 0 Å². The van der Waals surface area contributed by atoms with Gasteiger partial charge in [0.15, 0.2) is 0 Å². The Labute approximate surface area is 104 Å². The maximum atomic E-state index is 11.7. The first-order valence-electron chi connectivity index (χ1n) is 6.71. The van der Waals surface area contributed by atoms with Crippen molar-refractivity contribution in [2.24, 2.45) is 11.8 Å². The molecule has 0 aromatic heterocycles. The first-order chi connectivity index (χ1) is 7.81. The second-order valence-corrected chi connectivity index (χ2v) is 7.39. The van der Waals surface area contributed by atoms with E-state index in [4.69, 9.17) is 0 Å². The molecular weight excluding hydrogens is 243 g/mol. The fourth-order valence-corrected chi connectivity index (χ4v) is 4.73. The third-order valence-electron chi connectivity index (χ3n) is 4.39. The van der Waals surface area contributed by atoms with Gasteiger partial charge in [-0.05, 0) is 0 Å². The average Bonchev–Trinajstić information content (AvgIpc) is 2.39. The Morgan fingerprint density at radius 2 is 1.44 bits per heavy atom. The predicted octanol–water partition coefficient (Wildman–Crippen LogP) is 4.65. The van der Waals surface area contributed by atoms with E-state index in [2.05, 4.69) is 6.58 Å². The molecule has 95 valence electrons. The third kappa shape index (κ3) is 3.04. The van der Waals surface area contributed by atoms with Crippen LogP contribution in [0.25, 0.3) is 0 Å². The van der Waals surface area contributed by atoms with Crippen molar-refractivity contribution in [1.82, 2.24) is 0 Å². The molecule has 0 aromatic carbocycles. The van der Waals surface area contributed by atoms with Gasteiger partial charge in [-0.1, -0.05) is 0 Å². The molecule has 0 amide bonds. The monoisotopic (exact) mass is 267 g/mol. The van der Waals surface area contributed by atoms with Gasteiger partial charge < -0.3 is 0 Å². The Bertz CT molecular complexity index is 247. The van der Waals surface area contributed by atoms with E-state index in [1.54, 1.807) is 5.01 Å². The molecule has 2 heteroatoms. The first kappa shape index (κ1) is 12.5. The van der Waals surface area contributed by atoms with Crippen molar-refractivity contribution in [3.05, 3.63) is 11.6 Å². The van der Waals surface area contributed by atoms with Crippen molar-refractivity contribution < 1.29 is 17.5 Å². The summed E-state index contributed by atoms with van der Waals surface area (Å²) in [4.78, 5) is 0.449. The van der Waals surface area contributed by atoms with Crippen LogP contribution in [0.15, 0.2) is 11.6 Å². The summed E-state index contributed by atoms with van der Waals surface area (Å²) in [5.74, 6) is 1.94. The molecule has 0 spiro atoms. The van der Waals surface area contributed by atoms with Gasteiger partial charge in [0.25, 0.3) is 0 Å². The molecule has 2 saturated carbocycles. The van der Waals surface area contributed by atoms with Gasteiger partial charge in [-0.2, -0.15) is 0 Å². The summed E-state index contributed by atoms with van der Waals surface area (Å²) in [5, 5.41) is 1.67. The first-order valence-corrected chi connectivity index (χ1v) is 8.34. The summed E-state index contributed by atoms with van der Waals surface area (Å²) in [6.07, 6.45) is 12.3. The second kappa shape index (κ2) is 6.11. The van der Waals surface area contributed by atoms with Gasteiger partial charge in [0.2, 0.25) is 0 Å². The predicted molar refractivity (Wildman–Crippen MR) is 63.2 cm³/mol. The second-order valence-electron chi connectivity index (χ2n) is 5.28. The molecule has 1 nitrogen and oxygen atoms in total. The molecule has 0 aliphatic heterocycles. The summed E-state index contributed by atoms with van der Waals surface area (Å²) < 4.78 is 11.7. The number of hydrogen-bond acceptors (Lipinski definition) is 1. The van der Waals surface area contributed by atoms with E-state index >= 15 is 0 Å². The Hall–Kier alpha value is 0.0465. The van der Waals surface area contributed by atoms with Crippen LogP contribution in [-0.2, 0) is 17.5 Å². The van der Waals surface area contributed by atoms with E-state index in [9.17, 15) is 3.87 Å². The van der Waals surface area contributed by atoms with Crippen LogP contribution in [-0.4, -0.2) is 0 Å². The van der Waals surface area contributed by atoms with Crippen molar-refractivity contribution in [2.45, 2.75) is 62.6 Å². The fraction of sp³-hybridized carbons (Fsp3) is 0.857. The molecule has 0 radical (unpaired) electrons. The van der Waals surface area contributed by atoms with Crippen molar-refractivity contribution in [3.63, 3.8) is 0 Å². The molecule has 16 heavy (non-hydrogen) atoms. The summed E-state index contributed by atoms with van der Waals surface area (Å²) >= 11 is -1.10. The number of hydrogen-bond donors (Lipinski definition) is 0. The summed E-state index contributed by atoms with van der Waals surface area (Å²) in [6.45, 7) is 3.66. The van der Waals surface area contributed by atoms with Crippen LogP contribution < -0.4 is 0 Å². The molecule has 2 rings (SSSR count). The molecule has 0 unspecified atom stereocenters. The Morgan fingerprint density at radius 3 is 2.00 bits per heavy atom. The Kier molecular flexibility index (Phi) is 4.77. The molecular formula is C14H24CoO. The zero-order valence-electron chi connectivity index (χ0n) is 10.1. The topological polar surface area (TPSA) is 17.1 Å². The van der Waals surface area contributed by atoms with Crippen LogP contribution in [0.2, 0.25) is 4.85 Å². The Morgan fingerprint density at radius 1 is 0.875 bits per heavy atom. The zero-order valence-corrected chi connectivity index (χ0v) is 11.2. The molecule has 0 heterocycles. The van der Waals surface area contributed by atoms with Crippen LogP contribution >= 0.6 is 0 Å². The molecule has 2 fully saturated rings. The van der Waals surface area contributed by atoms with Crippen LogP contribution in [0, 0.1) is 11.8 Å². The number of rotatable bonds is 3. The van der Waals surface area contributed by atoms with E-state index < -0.39 is 13.6 Å². The average molecular weight is 267 g/mol. The van der Waals surface area contributed by atoms with E-state index in [0.29, 0.717) is 4.85 Å². The van der Waals surface area contributed by atoms with Gasteiger partial charge in [0.1, 0.15) is 0 Å². The molecule has 2 aliphatic rings. The van der Waals surface area contributed by atoms with E-state index in [-0.39, 0.29) is 0 Å². The normalized spacial score (nSPS) is 33.4. The van der Waals surface area contributed by atoms with E-state index in [1.807, 2.05) is 0 Å². The van der Waals surface area contributed by atoms with Gasteiger partial charge in [-0.3, -0.25) is 0 Å². The molecule has 0 atom stereocenters. The Balaban J connectivity index is 1.80. The third-order valence-corrected chi connectivity index (χ3v) is 6.25. The van der Waals surface area contributed by atoms with Crippen LogP contribution in [0.4, 0.5) is 0 Å². The van der Waals surface area contributed by atoms with E-state index in [0.717, 1.165) is 11.8 Å². The molecule has 2 aliphatic carbocycles. The minimum absolute atomic E-state index is 0.449. The fourth-order valence-electron chi connectivity index (χ4n) is 3.44. The van der Waals surface area contributed by atoms with Gasteiger partial charge in [0, 0.05) is 0 Å². The molecule has 0 saturated heterocycles. The van der Waals surface area contributed by atoms with E-state index in [1.165, 1.54) is 57.8 Å². The summed E-state index contributed by atoms with van der Waals surface area (Å²) in [5.41, 5.74) is 0. The van der Waals surface area contributed by atoms with Gasteiger partial charge in [-0.25, -0.2) is 0 Å². The summed E-state index contributed by atoms with van der Waals surface area (Å²) in [7, 11) is 0.